The number of pyridine rings is 1. The Kier molecular flexibility index (Phi) is 4.59. The van der Waals surface area contributed by atoms with Crippen molar-refractivity contribution < 1.29 is 9.59 Å². The van der Waals surface area contributed by atoms with Crippen molar-refractivity contribution in [1.82, 2.24) is 4.98 Å². The minimum atomic E-state index is -1.33. The molecule has 2 aliphatic rings. The van der Waals surface area contributed by atoms with Crippen LogP contribution in [0.15, 0.2) is 103 Å². The number of nitrogens with zero attached hydrogens (tertiary/aromatic N) is 3. The van der Waals surface area contributed by atoms with Crippen LogP contribution in [-0.2, 0) is 21.5 Å². The van der Waals surface area contributed by atoms with Gasteiger partial charge in [0, 0.05) is 16.9 Å². The SMILES string of the molecule is Cc1ccc2c(n1)N(Cc1ccccc1)C(=O)C21C(=O)N(c2ccccc2)[C@H]1c1ccccc1. The van der Waals surface area contributed by atoms with Crippen LogP contribution in [0.25, 0.3) is 0 Å². The van der Waals surface area contributed by atoms with Gasteiger partial charge in [0.15, 0.2) is 5.41 Å². The van der Waals surface area contributed by atoms with Gasteiger partial charge in [0.2, 0.25) is 0 Å². The number of amides is 2. The molecule has 1 fully saturated rings. The van der Waals surface area contributed by atoms with Gasteiger partial charge in [-0.3, -0.25) is 14.5 Å². The summed E-state index contributed by atoms with van der Waals surface area (Å²) >= 11 is 0. The van der Waals surface area contributed by atoms with E-state index in [2.05, 4.69) is 0 Å². The smallest absolute Gasteiger partial charge is 0.251 e. The number of rotatable bonds is 4. The van der Waals surface area contributed by atoms with Crippen LogP contribution in [0.3, 0.4) is 0 Å². The normalized spacial score (nSPS) is 21.0. The highest BCUT2D eigenvalue weighted by atomic mass is 16.2. The molecule has 5 heteroatoms. The van der Waals surface area contributed by atoms with Gasteiger partial charge in [-0.2, -0.15) is 0 Å². The molecule has 2 atom stereocenters. The van der Waals surface area contributed by atoms with Crippen LogP contribution in [0.2, 0.25) is 0 Å². The monoisotopic (exact) mass is 445 g/mol. The van der Waals surface area contributed by atoms with E-state index in [1.807, 2.05) is 110 Å². The minimum absolute atomic E-state index is 0.208. The van der Waals surface area contributed by atoms with Gasteiger partial charge in [0.25, 0.3) is 11.8 Å². The quantitative estimate of drug-likeness (QED) is 0.329. The third-order valence-corrected chi connectivity index (χ3v) is 6.84. The summed E-state index contributed by atoms with van der Waals surface area (Å²) in [6, 6.07) is 32.6. The number of aryl methyl sites for hydroxylation is 1. The van der Waals surface area contributed by atoms with Crippen molar-refractivity contribution >= 4 is 23.3 Å². The summed E-state index contributed by atoms with van der Waals surface area (Å²) in [6.45, 7) is 2.27. The van der Waals surface area contributed by atoms with Crippen molar-refractivity contribution in [1.29, 1.82) is 0 Å². The van der Waals surface area contributed by atoms with Gasteiger partial charge >= 0.3 is 0 Å². The van der Waals surface area contributed by atoms with Crippen LogP contribution in [0.4, 0.5) is 11.5 Å². The average molecular weight is 446 g/mol. The summed E-state index contributed by atoms with van der Waals surface area (Å²) in [4.78, 5) is 36.6. The fraction of sp³-hybridized carbons (Fsp3) is 0.138. The zero-order valence-corrected chi connectivity index (χ0v) is 18.8. The Morgan fingerprint density at radius 3 is 2.06 bits per heavy atom. The molecule has 0 radical (unpaired) electrons. The van der Waals surface area contributed by atoms with Crippen molar-refractivity contribution in [3.63, 3.8) is 0 Å². The molecule has 1 unspecified atom stereocenters. The summed E-state index contributed by atoms with van der Waals surface area (Å²) in [5, 5.41) is 0. The first-order valence-corrected chi connectivity index (χ1v) is 11.4. The third kappa shape index (κ3) is 2.76. The van der Waals surface area contributed by atoms with Crippen LogP contribution in [0, 0.1) is 6.92 Å². The second kappa shape index (κ2) is 7.66. The van der Waals surface area contributed by atoms with Crippen molar-refractivity contribution in [2.75, 3.05) is 9.80 Å². The van der Waals surface area contributed by atoms with Crippen molar-refractivity contribution in [2.45, 2.75) is 24.9 Å². The average Bonchev–Trinajstić information content (AvgIpc) is 3.12. The van der Waals surface area contributed by atoms with Gasteiger partial charge in [-0.1, -0.05) is 84.9 Å². The summed E-state index contributed by atoms with van der Waals surface area (Å²) in [7, 11) is 0. The lowest BCUT2D eigenvalue weighted by Crippen LogP contribution is -2.70. The molecule has 4 aromatic rings. The zero-order valence-electron chi connectivity index (χ0n) is 18.8. The second-order valence-corrected chi connectivity index (χ2v) is 8.83. The van der Waals surface area contributed by atoms with Crippen LogP contribution in [0.5, 0.6) is 0 Å². The summed E-state index contributed by atoms with van der Waals surface area (Å²) in [6.07, 6.45) is 0. The molecular formula is C29H23N3O2. The Bertz CT molecular complexity index is 1390. The topological polar surface area (TPSA) is 53.5 Å². The van der Waals surface area contributed by atoms with Gasteiger partial charge in [-0.25, -0.2) is 4.98 Å². The summed E-state index contributed by atoms with van der Waals surface area (Å²) in [5.74, 6) is 0.159. The van der Waals surface area contributed by atoms with Gasteiger partial charge < -0.3 is 4.90 Å². The molecule has 1 spiro atoms. The zero-order chi connectivity index (χ0) is 23.3. The van der Waals surface area contributed by atoms with E-state index in [9.17, 15) is 9.59 Å². The van der Waals surface area contributed by atoms with Gasteiger partial charge in [-0.15, -0.1) is 0 Å². The van der Waals surface area contributed by atoms with Gasteiger partial charge in [0.1, 0.15) is 5.82 Å². The first-order valence-electron chi connectivity index (χ1n) is 11.4. The highest BCUT2D eigenvalue weighted by Crippen LogP contribution is 2.59. The van der Waals surface area contributed by atoms with E-state index in [0.717, 1.165) is 22.5 Å². The van der Waals surface area contributed by atoms with Crippen molar-refractivity contribution in [2.24, 2.45) is 0 Å². The molecule has 5 nitrogen and oxygen atoms in total. The molecule has 166 valence electrons. The molecule has 3 heterocycles. The maximum atomic E-state index is 14.3. The fourth-order valence-corrected chi connectivity index (χ4v) is 5.31. The number of benzene rings is 3. The third-order valence-electron chi connectivity index (χ3n) is 6.84. The number of para-hydroxylation sites is 1. The van der Waals surface area contributed by atoms with Crippen LogP contribution >= 0.6 is 0 Å². The number of hydrogen-bond donors (Lipinski definition) is 0. The van der Waals surface area contributed by atoms with Gasteiger partial charge in [0.05, 0.1) is 12.6 Å². The Morgan fingerprint density at radius 2 is 1.38 bits per heavy atom. The van der Waals surface area contributed by atoms with Crippen molar-refractivity contribution in [3.05, 3.63) is 126 Å². The predicted molar refractivity (Wildman–Crippen MR) is 131 cm³/mol. The predicted octanol–water partition coefficient (Wildman–Crippen LogP) is 4.96. The van der Waals surface area contributed by atoms with Crippen molar-refractivity contribution in [3.8, 4) is 0 Å². The summed E-state index contributed by atoms with van der Waals surface area (Å²) < 4.78 is 0. The van der Waals surface area contributed by atoms with E-state index in [1.165, 1.54) is 0 Å². The van der Waals surface area contributed by atoms with E-state index < -0.39 is 11.5 Å². The van der Waals surface area contributed by atoms with Crippen LogP contribution < -0.4 is 9.80 Å². The summed E-state index contributed by atoms with van der Waals surface area (Å²) in [5.41, 5.74) is 2.86. The maximum Gasteiger partial charge on any atom is 0.251 e. The molecule has 2 aliphatic heterocycles. The largest absolute Gasteiger partial charge is 0.302 e. The Labute approximate surface area is 198 Å². The number of carbonyl (C=O) groups excluding carboxylic acids is 2. The molecule has 1 aromatic heterocycles. The van der Waals surface area contributed by atoms with Crippen LogP contribution in [-0.4, -0.2) is 16.8 Å². The number of β-lactam (4-membered cyclic amide) rings is 1. The molecular weight excluding hydrogens is 422 g/mol. The minimum Gasteiger partial charge on any atom is -0.302 e. The highest BCUT2D eigenvalue weighted by molar-refractivity contribution is 6.30. The lowest BCUT2D eigenvalue weighted by atomic mass is 9.64. The maximum absolute atomic E-state index is 14.3. The van der Waals surface area contributed by atoms with E-state index in [4.69, 9.17) is 4.98 Å². The number of aromatic nitrogens is 1. The first kappa shape index (κ1) is 20.4. The standard InChI is InChI=1S/C29H23N3O2/c1-20-17-18-24-26(30-20)31(19-21-11-5-2-6-12-21)27(33)29(24)25(22-13-7-3-8-14-22)32(28(29)34)23-15-9-4-10-16-23/h2-18,25H,19H2,1H3/t25-,29?/m0/s1. The first-order chi connectivity index (χ1) is 16.6. The van der Waals surface area contributed by atoms with E-state index in [0.29, 0.717) is 17.9 Å². The molecule has 1 saturated heterocycles. The molecule has 2 amide bonds. The number of hydrogen-bond acceptors (Lipinski definition) is 3. The molecule has 0 bridgehead atoms. The van der Waals surface area contributed by atoms with Gasteiger partial charge in [-0.05, 0) is 36.2 Å². The Morgan fingerprint density at radius 1 is 0.765 bits per heavy atom. The lowest BCUT2D eigenvalue weighted by Gasteiger charge is -2.53. The lowest BCUT2D eigenvalue weighted by molar-refractivity contribution is -0.142. The molecule has 0 N–H and O–H groups in total. The Hall–Kier alpha value is -4.25. The molecule has 3 aromatic carbocycles. The van der Waals surface area contributed by atoms with Crippen LogP contribution in [0.1, 0.15) is 28.4 Å². The second-order valence-electron chi connectivity index (χ2n) is 8.83. The van der Waals surface area contributed by atoms with E-state index in [1.54, 1.807) is 9.80 Å². The Balaban J connectivity index is 1.54. The molecule has 6 rings (SSSR count). The number of anilines is 2. The van der Waals surface area contributed by atoms with E-state index in [-0.39, 0.29) is 11.8 Å². The molecule has 0 aliphatic carbocycles. The number of fused-ring (bicyclic) bond motifs is 2. The fourth-order valence-electron chi connectivity index (χ4n) is 5.31. The molecule has 0 saturated carbocycles. The highest BCUT2D eigenvalue weighted by Gasteiger charge is 2.72. The number of carbonyl (C=O) groups is 2. The molecule has 34 heavy (non-hydrogen) atoms. The van der Waals surface area contributed by atoms with E-state index >= 15 is 0 Å².